The molecule has 0 aromatic carbocycles. The third-order valence-corrected chi connectivity index (χ3v) is 2.17. The number of aromatic nitrogens is 1. The van der Waals surface area contributed by atoms with Crippen LogP contribution in [0.15, 0.2) is 30.2 Å². The van der Waals surface area contributed by atoms with Crippen LogP contribution in [0.3, 0.4) is 0 Å². The standard InChI is InChI=1S/C10H10N4O3/c11-5(9(12)15)3-8-10(16)14-6-4-13-2-1-7(6)17-8/h1-4,8H,11H2,(H2,12,15)(H,14,16)/t8-/m0/s1. The predicted molar refractivity (Wildman–Crippen MR) is 58.7 cm³/mol. The van der Waals surface area contributed by atoms with Crippen LogP contribution in [-0.4, -0.2) is 22.9 Å². The van der Waals surface area contributed by atoms with E-state index in [9.17, 15) is 9.59 Å². The lowest BCUT2D eigenvalue weighted by Gasteiger charge is -2.23. The van der Waals surface area contributed by atoms with Crippen LogP contribution in [0, 0.1) is 0 Å². The lowest BCUT2D eigenvalue weighted by molar-refractivity contribution is -0.121. The molecule has 0 saturated heterocycles. The number of nitrogens with zero attached hydrogens (tertiary/aromatic N) is 1. The van der Waals surface area contributed by atoms with Crippen molar-refractivity contribution in [3.63, 3.8) is 0 Å². The molecule has 2 rings (SSSR count). The molecule has 1 aliphatic heterocycles. The minimum Gasteiger partial charge on any atom is -0.474 e. The first kappa shape index (κ1) is 10.9. The Bertz CT molecular complexity index is 512. The van der Waals surface area contributed by atoms with Gasteiger partial charge in [0.1, 0.15) is 11.4 Å². The molecule has 1 aromatic heterocycles. The zero-order chi connectivity index (χ0) is 12.4. The zero-order valence-corrected chi connectivity index (χ0v) is 8.71. The second-order valence-corrected chi connectivity index (χ2v) is 3.39. The first-order valence-electron chi connectivity index (χ1n) is 4.76. The van der Waals surface area contributed by atoms with E-state index in [0.29, 0.717) is 11.4 Å². The third-order valence-electron chi connectivity index (χ3n) is 2.17. The highest BCUT2D eigenvalue weighted by molar-refractivity contribution is 6.00. The van der Waals surface area contributed by atoms with Crippen molar-refractivity contribution in [2.24, 2.45) is 11.5 Å². The summed E-state index contributed by atoms with van der Waals surface area (Å²) in [7, 11) is 0. The first-order valence-corrected chi connectivity index (χ1v) is 4.76. The average Bonchev–Trinajstić information content (AvgIpc) is 2.29. The van der Waals surface area contributed by atoms with E-state index < -0.39 is 17.9 Å². The Morgan fingerprint density at radius 3 is 3.00 bits per heavy atom. The predicted octanol–water partition coefficient (Wildman–Crippen LogP) is -0.891. The second kappa shape index (κ2) is 4.12. The number of hydrogen-bond donors (Lipinski definition) is 3. The molecular weight excluding hydrogens is 224 g/mol. The summed E-state index contributed by atoms with van der Waals surface area (Å²) >= 11 is 0. The normalized spacial score (nSPS) is 18.9. The summed E-state index contributed by atoms with van der Waals surface area (Å²) in [5.74, 6) is -0.783. The van der Waals surface area contributed by atoms with Gasteiger partial charge in [-0.05, 0) is 6.08 Å². The largest absolute Gasteiger partial charge is 0.474 e. The third kappa shape index (κ3) is 2.17. The monoisotopic (exact) mass is 234 g/mol. The highest BCUT2D eigenvalue weighted by Crippen LogP contribution is 2.28. The molecule has 88 valence electrons. The Morgan fingerprint density at radius 2 is 2.29 bits per heavy atom. The molecule has 7 nitrogen and oxygen atoms in total. The van der Waals surface area contributed by atoms with Crippen LogP contribution in [0.5, 0.6) is 5.75 Å². The number of nitrogens with two attached hydrogens (primary N) is 2. The number of anilines is 1. The number of fused-ring (bicyclic) bond motifs is 1. The van der Waals surface area contributed by atoms with E-state index in [-0.39, 0.29) is 5.70 Å². The van der Waals surface area contributed by atoms with Crippen LogP contribution in [-0.2, 0) is 9.59 Å². The first-order chi connectivity index (χ1) is 8.08. The fourth-order valence-electron chi connectivity index (χ4n) is 1.33. The van der Waals surface area contributed by atoms with Crippen LogP contribution in [0.1, 0.15) is 0 Å². The second-order valence-electron chi connectivity index (χ2n) is 3.39. The van der Waals surface area contributed by atoms with Gasteiger partial charge in [0.25, 0.3) is 11.8 Å². The van der Waals surface area contributed by atoms with Gasteiger partial charge in [-0.2, -0.15) is 0 Å². The van der Waals surface area contributed by atoms with Crippen molar-refractivity contribution in [1.29, 1.82) is 0 Å². The summed E-state index contributed by atoms with van der Waals surface area (Å²) in [5.41, 5.74) is 10.6. The van der Waals surface area contributed by atoms with Gasteiger partial charge < -0.3 is 21.5 Å². The molecule has 0 bridgehead atoms. The van der Waals surface area contributed by atoms with Gasteiger partial charge in [-0.3, -0.25) is 14.6 Å². The number of carbonyl (C=O) groups is 2. The van der Waals surface area contributed by atoms with Crippen molar-refractivity contribution in [3.05, 3.63) is 30.2 Å². The van der Waals surface area contributed by atoms with Crippen LogP contribution in [0.4, 0.5) is 5.69 Å². The van der Waals surface area contributed by atoms with Crippen molar-refractivity contribution in [2.45, 2.75) is 6.10 Å². The number of rotatable bonds is 2. The molecule has 2 amide bonds. The van der Waals surface area contributed by atoms with Crippen LogP contribution in [0.25, 0.3) is 0 Å². The van der Waals surface area contributed by atoms with Crippen molar-refractivity contribution >= 4 is 17.5 Å². The lowest BCUT2D eigenvalue weighted by Crippen LogP contribution is -2.37. The summed E-state index contributed by atoms with van der Waals surface area (Å²) in [4.78, 5) is 26.2. The van der Waals surface area contributed by atoms with Gasteiger partial charge in [-0.25, -0.2) is 0 Å². The van der Waals surface area contributed by atoms with Crippen LogP contribution in [0.2, 0.25) is 0 Å². The summed E-state index contributed by atoms with van der Waals surface area (Å²) in [5, 5.41) is 2.58. The molecular formula is C10H10N4O3. The average molecular weight is 234 g/mol. The fraction of sp³-hybridized carbons (Fsp3) is 0.100. The van der Waals surface area contributed by atoms with Crippen molar-refractivity contribution in [1.82, 2.24) is 4.98 Å². The van der Waals surface area contributed by atoms with Crippen LogP contribution >= 0.6 is 0 Å². The van der Waals surface area contributed by atoms with E-state index in [1.54, 1.807) is 6.07 Å². The number of carbonyl (C=O) groups excluding carboxylic acids is 2. The van der Waals surface area contributed by atoms with Gasteiger partial charge in [-0.1, -0.05) is 0 Å². The Balaban J connectivity index is 2.27. The number of hydrogen-bond acceptors (Lipinski definition) is 5. The molecule has 2 heterocycles. The maximum absolute atomic E-state index is 11.6. The van der Waals surface area contributed by atoms with Crippen molar-refractivity contribution in [2.75, 3.05) is 5.32 Å². The highest BCUT2D eigenvalue weighted by atomic mass is 16.5. The maximum Gasteiger partial charge on any atom is 0.269 e. The fourth-order valence-corrected chi connectivity index (χ4v) is 1.33. The van der Waals surface area contributed by atoms with E-state index in [4.69, 9.17) is 16.2 Å². The highest BCUT2D eigenvalue weighted by Gasteiger charge is 2.26. The molecule has 1 aliphatic rings. The molecule has 0 fully saturated rings. The zero-order valence-electron chi connectivity index (χ0n) is 8.71. The van der Waals surface area contributed by atoms with E-state index in [1.807, 2.05) is 0 Å². The summed E-state index contributed by atoms with van der Waals surface area (Å²) in [6, 6.07) is 1.59. The molecule has 0 aliphatic carbocycles. The van der Waals surface area contributed by atoms with Crippen LogP contribution < -0.4 is 21.5 Å². The van der Waals surface area contributed by atoms with E-state index in [2.05, 4.69) is 10.3 Å². The number of nitrogens with one attached hydrogen (secondary N) is 1. The van der Waals surface area contributed by atoms with Gasteiger partial charge >= 0.3 is 0 Å². The number of primary amides is 1. The lowest BCUT2D eigenvalue weighted by atomic mass is 10.2. The summed E-state index contributed by atoms with van der Waals surface area (Å²) < 4.78 is 5.35. The summed E-state index contributed by atoms with van der Waals surface area (Å²) in [6.45, 7) is 0. The Kier molecular flexibility index (Phi) is 2.65. The molecule has 7 heteroatoms. The molecule has 0 saturated carbocycles. The molecule has 0 radical (unpaired) electrons. The SMILES string of the molecule is NC(=O)C(N)=C[C@@H]1Oc2ccncc2NC1=O. The quantitative estimate of drug-likeness (QED) is 0.573. The Hall–Kier alpha value is -2.57. The smallest absolute Gasteiger partial charge is 0.269 e. The molecule has 5 N–H and O–H groups in total. The molecule has 1 aromatic rings. The summed E-state index contributed by atoms with van der Waals surface area (Å²) in [6.07, 6.45) is 3.18. The van der Waals surface area contributed by atoms with Gasteiger partial charge in [0.15, 0.2) is 6.10 Å². The molecule has 1 atom stereocenters. The van der Waals surface area contributed by atoms with Crippen molar-refractivity contribution in [3.8, 4) is 5.75 Å². The number of ether oxygens (including phenoxy) is 1. The van der Waals surface area contributed by atoms with E-state index in [1.165, 1.54) is 18.5 Å². The minimum atomic E-state index is -0.975. The van der Waals surface area contributed by atoms with E-state index >= 15 is 0 Å². The number of amides is 2. The van der Waals surface area contributed by atoms with Crippen molar-refractivity contribution < 1.29 is 14.3 Å². The molecule has 17 heavy (non-hydrogen) atoms. The minimum absolute atomic E-state index is 0.220. The topological polar surface area (TPSA) is 120 Å². The maximum atomic E-state index is 11.6. The van der Waals surface area contributed by atoms with E-state index in [0.717, 1.165) is 0 Å². The Labute approximate surface area is 96.4 Å². The van der Waals surface area contributed by atoms with Gasteiger partial charge in [0, 0.05) is 12.3 Å². The molecule has 0 spiro atoms. The number of pyridine rings is 1. The Morgan fingerprint density at radius 1 is 1.53 bits per heavy atom. The molecule has 0 unspecified atom stereocenters. The van der Waals surface area contributed by atoms with Gasteiger partial charge in [-0.15, -0.1) is 0 Å². The van der Waals surface area contributed by atoms with Gasteiger partial charge in [0.05, 0.1) is 11.9 Å². The van der Waals surface area contributed by atoms with Gasteiger partial charge in [0.2, 0.25) is 0 Å².